The van der Waals surface area contributed by atoms with Gasteiger partial charge in [-0.1, -0.05) is 23.7 Å². The molecular formula is C22H21ClN2O4S. The molecule has 0 bridgehead atoms. The molecule has 0 heterocycles. The van der Waals surface area contributed by atoms with E-state index in [0.717, 1.165) is 0 Å². The summed E-state index contributed by atoms with van der Waals surface area (Å²) in [6.45, 7) is 3.81. The van der Waals surface area contributed by atoms with Gasteiger partial charge in [-0.25, -0.2) is 8.42 Å². The molecule has 8 heteroatoms. The summed E-state index contributed by atoms with van der Waals surface area (Å²) in [5, 5.41) is 3.26. The first-order valence-electron chi connectivity index (χ1n) is 9.20. The molecular weight excluding hydrogens is 424 g/mol. The molecule has 0 saturated heterocycles. The highest BCUT2D eigenvalue weighted by Crippen LogP contribution is 2.26. The molecule has 156 valence electrons. The third-order valence-electron chi connectivity index (χ3n) is 4.02. The number of benzene rings is 3. The molecule has 0 spiro atoms. The van der Waals surface area contributed by atoms with Crippen LogP contribution in [-0.4, -0.2) is 20.4 Å². The van der Waals surface area contributed by atoms with Crippen molar-refractivity contribution in [1.29, 1.82) is 0 Å². The van der Waals surface area contributed by atoms with Crippen LogP contribution >= 0.6 is 11.6 Å². The first kappa shape index (κ1) is 21.7. The van der Waals surface area contributed by atoms with E-state index in [-0.39, 0.29) is 16.9 Å². The molecule has 2 N–H and O–H groups in total. The first-order chi connectivity index (χ1) is 14.2. The van der Waals surface area contributed by atoms with Gasteiger partial charge in [-0.2, -0.15) is 0 Å². The van der Waals surface area contributed by atoms with Gasteiger partial charge in [-0.05, 0) is 74.5 Å². The van der Waals surface area contributed by atoms with Crippen LogP contribution in [0.15, 0.2) is 77.7 Å². The van der Waals surface area contributed by atoms with Gasteiger partial charge in [0.1, 0.15) is 5.75 Å². The molecule has 30 heavy (non-hydrogen) atoms. The van der Waals surface area contributed by atoms with Gasteiger partial charge in [-0.3, -0.25) is 9.52 Å². The van der Waals surface area contributed by atoms with Crippen molar-refractivity contribution in [3.05, 3.63) is 83.4 Å². The van der Waals surface area contributed by atoms with E-state index in [1.807, 2.05) is 19.9 Å². The third-order valence-corrected chi connectivity index (χ3v) is 5.67. The predicted molar refractivity (Wildman–Crippen MR) is 119 cm³/mol. The van der Waals surface area contributed by atoms with Gasteiger partial charge in [0.05, 0.1) is 16.7 Å². The fourth-order valence-corrected chi connectivity index (χ4v) is 3.82. The maximum Gasteiger partial charge on any atom is 0.261 e. The van der Waals surface area contributed by atoms with Crippen LogP contribution in [0.3, 0.4) is 0 Å². The highest BCUT2D eigenvalue weighted by molar-refractivity contribution is 7.92. The Morgan fingerprint density at radius 2 is 1.57 bits per heavy atom. The van der Waals surface area contributed by atoms with Gasteiger partial charge in [0, 0.05) is 16.3 Å². The normalized spacial score (nSPS) is 11.2. The lowest BCUT2D eigenvalue weighted by Gasteiger charge is -2.15. The van der Waals surface area contributed by atoms with Crippen LogP contribution in [0.25, 0.3) is 0 Å². The Morgan fingerprint density at radius 1 is 0.933 bits per heavy atom. The summed E-state index contributed by atoms with van der Waals surface area (Å²) in [5.41, 5.74) is 1.28. The van der Waals surface area contributed by atoms with Crippen LogP contribution in [0.1, 0.15) is 24.2 Å². The van der Waals surface area contributed by atoms with Gasteiger partial charge in [0.25, 0.3) is 15.9 Å². The fraction of sp³-hybridized carbons (Fsp3) is 0.136. The fourth-order valence-electron chi connectivity index (χ4n) is 2.64. The number of nitrogens with one attached hydrogen (secondary N) is 2. The van der Waals surface area contributed by atoms with Crippen molar-refractivity contribution in [2.45, 2.75) is 24.8 Å². The van der Waals surface area contributed by atoms with Crippen molar-refractivity contribution in [1.82, 2.24) is 0 Å². The summed E-state index contributed by atoms with van der Waals surface area (Å²) >= 11 is 5.80. The lowest BCUT2D eigenvalue weighted by atomic mass is 10.2. The maximum absolute atomic E-state index is 12.6. The topological polar surface area (TPSA) is 84.5 Å². The Morgan fingerprint density at radius 3 is 2.20 bits per heavy atom. The molecule has 0 atom stereocenters. The van der Waals surface area contributed by atoms with Crippen molar-refractivity contribution >= 4 is 38.9 Å². The Bertz CT molecular complexity index is 1130. The van der Waals surface area contributed by atoms with Gasteiger partial charge in [0.15, 0.2) is 0 Å². The lowest BCUT2D eigenvalue weighted by molar-refractivity contribution is 0.102. The number of carbonyl (C=O) groups is 1. The Kier molecular flexibility index (Phi) is 6.64. The van der Waals surface area contributed by atoms with Gasteiger partial charge < -0.3 is 10.1 Å². The quantitative estimate of drug-likeness (QED) is 0.525. The number of halogens is 1. The molecule has 3 rings (SSSR count). The second-order valence-electron chi connectivity index (χ2n) is 6.75. The average molecular weight is 445 g/mol. The van der Waals surface area contributed by atoms with E-state index in [1.165, 1.54) is 36.4 Å². The largest absolute Gasteiger partial charge is 0.489 e. The van der Waals surface area contributed by atoms with Gasteiger partial charge >= 0.3 is 0 Å². The second kappa shape index (κ2) is 9.19. The van der Waals surface area contributed by atoms with E-state index < -0.39 is 10.0 Å². The molecule has 0 aliphatic heterocycles. The number of sulfonamides is 1. The molecule has 0 aliphatic rings. The molecule has 6 nitrogen and oxygen atoms in total. The van der Waals surface area contributed by atoms with Crippen molar-refractivity contribution < 1.29 is 17.9 Å². The summed E-state index contributed by atoms with van der Waals surface area (Å²) < 4.78 is 33.1. The van der Waals surface area contributed by atoms with E-state index in [2.05, 4.69) is 10.0 Å². The number of anilines is 2. The number of ether oxygens (including phenoxy) is 1. The van der Waals surface area contributed by atoms with Crippen LogP contribution in [0, 0.1) is 0 Å². The number of para-hydroxylation sites is 2. The summed E-state index contributed by atoms with van der Waals surface area (Å²) in [4.78, 5) is 12.7. The van der Waals surface area contributed by atoms with Crippen LogP contribution in [0.2, 0.25) is 5.02 Å². The molecule has 0 aliphatic carbocycles. The van der Waals surface area contributed by atoms with E-state index in [9.17, 15) is 13.2 Å². The molecule has 0 aromatic heterocycles. The molecule has 0 unspecified atom stereocenters. The van der Waals surface area contributed by atoms with Crippen LogP contribution in [0.4, 0.5) is 11.4 Å². The summed E-state index contributed by atoms with van der Waals surface area (Å²) in [5.74, 6) is 0.245. The monoisotopic (exact) mass is 444 g/mol. The lowest BCUT2D eigenvalue weighted by Crippen LogP contribution is -2.15. The van der Waals surface area contributed by atoms with Gasteiger partial charge in [-0.15, -0.1) is 0 Å². The van der Waals surface area contributed by atoms with Crippen LogP contribution in [0.5, 0.6) is 5.75 Å². The molecule has 0 saturated carbocycles. The second-order valence-corrected chi connectivity index (χ2v) is 8.87. The van der Waals surface area contributed by atoms with E-state index in [1.54, 1.807) is 30.3 Å². The molecule has 0 radical (unpaired) electrons. The first-order valence-corrected chi connectivity index (χ1v) is 11.1. The zero-order valence-corrected chi connectivity index (χ0v) is 18.0. The van der Waals surface area contributed by atoms with Crippen molar-refractivity contribution in [2.24, 2.45) is 0 Å². The standard InChI is InChI=1S/C22H21ClN2O4S/c1-15(2)29-21-6-4-3-5-20(21)24-22(26)16-7-11-18(12-8-16)25-30(27,28)19-13-9-17(23)10-14-19/h3-15,25H,1-2H3,(H,24,26). The number of rotatable bonds is 7. The highest BCUT2D eigenvalue weighted by Gasteiger charge is 2.15. The zero-order chi connectivity index (χ0) is 21.7. The summed E-state index contributed by atoms with van der Waals surface area (Å²) in [7, 11) is -3.75. The number of amides is 1. The van der Waals surface area contributed by atoms with Gasteiger partial charge in [0.2, 0.25) is 0 Å². The zero-order valence-electron chi connectivity index (χ0n) is 16.4. The average Bonchev–Trinajstić information content (AvgIpc) is 2.69. The summed E-state index contributed by atoms with van der Waals surface area (Å²) in [6.07, 6.45) is -0.0315. The van der Waals surface area contributed by atoms with E-state index in [0.29, 0.717) is 27.7 Å². The van der Waals surface area contributed by atoms with Crippen LogP contribution < -0.4 is 14.8 Å². The molecule has 1 amide bonds. The Labute approximate surface area is 180 Å². The number of carbonyl (C=O) groups excluding carboxylic acids is 1. The van der Waals surface area contributed by atoms with E-state index in [4.69, 9.17) is 16.3 Å². The smallest absolute Gasteiger partial charge is 0.261 e. The molecule has 0 fully saturated rings. The van der Waals surface area contributed by atoms with E-state index >= 15 is 0 Å². The Balaban J connectivity index is 1.71. The van der Waals surface area contributed by atoms with Crippen molar-refractivity contribution in [2.75, 3.05) is 10.0 Å². The number of hydrogen-bond acceptors (Lipinski definition) is 4. The Hall–Kier alpha value is -3.03. The minimum absolute atomic E-state index is 0.0315. The third kappa shape index (κ3) is 5.52. The minimum atomic E-state index is -3.75. The molecule has 3 aromatic carbocycles. The summed E-state index contributed by atoms with van der Waals surface area (Å²) in [6, 6.07) is 19.2. The van der Waals surface area contributed by atoms with Crippen molar-refractivity contribution in [3.63, 3.8) is 0 Å². The SMILES string of the molecule is CC(C)Oc1ccccc1NC(=O)c1ccc(NS(=O)(=O)c2ccc(Cl)cc2)cc1. The highest BCUT2D eigenvalue weighted by atomic mass is 35.5. The minimum Gasteiger partial charge on any atom is -0.489 e. The molecule has 3 aromatic rings. The van der Waals surface area contributed by atoms with Crippen molar-refractivity contribution in [3.8, 4) is 5.75 Å². The number of hydrogen-bond donors (Lipinski definition) is 2. The maximum atomic E-state index is 12.6. The predicted octanol–water partition coefficient (Wildman–Crippen LogP) is 5.18. The van der Waals surface area contributed by atoms with Crippen LogP contribution in [-0.2, 0) is 10.0 Å².